The highest BCUT2D eigenvalue weighted by molar-refractivity contribution is 7.15. The highest BCUT2D eigenvalue weighted by Crippen LogP contribution is 2.28. The average molecular weight is 409 g/mol. The Labute approximate surface area is 172 Å². The highest BCUT2D eigenvalue weighted by Gasteiger charge is 2.14. The number of carbonyl (C=O) groups excluding carboxylic acids is 1. The molecule has 1 aliphatic heterocycles. The van der Waals surface area contributed by atoms with Gasteiger partial charge in [-0.05, 0) is 42.8 Å². The van der Waals surface area contributed by atoms with Gasteiger partial charge in [-0.2, -0.15) is 0 Å². The molecule has 1 N–H and O–H groups in total. The molecule has 0 aliphatic carbocycles. The second kappa shape index (κ2) is 8.00. The third-order valence-corrected chi connectivity index (χ3v) is 5.37. The topological polar surface area (TPSA) is 51.2 Å². The molecule has 2 aromatic carbocycles. The van der Waals surface area contributed by atoms with E-state index < -0.39 is 0 Å². The van der Waals surface area contributed by atoms with E-state index in [9.17, 15) is 4.79 Å². The van der Waals surface area contributed by atoms with Crippen molar-refractivity contribution in [3.05, 3.63) is 93.2 Å². The molecule has 4 nitrogen and oxygen atoms in total. The van der Waals surface area contributed by atoms with E-state index in [0.717, 1.165) is 16.9 Å². The number of benzene rings is 2. The van der Waals surface area contributed by atoms with Gasteiger partial charge in [0.15, 0.2) is 5.13 Å². The van der Waals surface area contributed by atoms with Gasteiger partial charge < -0.3 is 4.74 Å². The maximum atomic E-state index is 12.7. The third kappa shape index (κ3) is 4.32. The molecular weight excluding hydrogens is 392 g/mol. The molecular formula is C22H17ClN2O2S. The molecule has 0 fully saturated rings. The number of nitrogens with one attached hydrogen (secondary N) is 1. The van der Waals surface area contributed by atoms with Crippen molar-refractivity contribution in [1.82, 2.24) is 4.98 Å². The lowest BCUT2D eigenvalue weighted by molar-refractivity contribution is -0.112. The molecule has 1 aliphatic rings. The van der Waals surface area contributed by atoms with E-state index in [-0.39, 0.29) is 5.91 Å². The molecule has 0 saturated heterocycles. The fourth-order valence-electron chi connectivity index (χ4n) is 2.92. The summed E-state index contributed by atoms with van der Waals surface area (Å²) in [6.07, 6.45) is 7.47. The predicted octanol–water partition coefficient (Wildman–Crippen LogP) is 5.62. The second-order valence-electron chi connectivity index (χ2n) is 6.45. The summed E-state index contributed by atoms with van der Waals surface area (Å²) in [5.41, 5.74) is 3.67. The van der Waals surface area contributed by atoms with Gasteiger partial charge in [-0.1, -0.05) is 41.4 Å². The SMILES string of the molecule is Cc1cccc(Cc2cnc(NC(=O)C3=Cc4cc(Cl)ccc4OC=C3)s2)c1. The van der Waals surface area contributed by atoms with Gasteiger partial charge in [0.25, 0.3) is 5.91 Å². The molecule has 0 spiro atoms. The van der Waals surface area contributed by atoms with Crippen molar-refractivity contribution in [1.29, 1.82) is 0 Å². The van der Waals surface area contributed by atoms with Crippen molar-refractivity contribution in [3.63, 3.8) is 0 Å². The molecule has 140 valence electrons. The average Bonchev–Trinajstić information content (AvgIpc) is 2.97. The number of rotatable bonds is 4. The monoisotopic (exact) mass is 408 g/mol. The maximum absolute atomic E-state index is 12.7. The summed E-state index contributed by atoms with van der Waals surface area (Å²) in [7, 11) is 0. The van der Waals surface area contributed by atoms with Gasteiger partial charge in [-0.25, -0.2) is 4.98 Å². The zero-order chi connectivity index (χ0) is 19.5. The van der Waals surface area contributed by atoms with Crippen LogP contribution in [0.2, 0.25) is 5.02 Å². The lowest BCUT2D eigenvalue weighted by atomic mass is 10.1. The smallest absolute Gasteiger partial charge is 0.257 e. The van der Waals surface area contributed by atoms with Crippen molar-refractivity contribution in [2.24, 2.45) is 0 Å². The summed E-state index contributed by atoms with van der Waals surface area (Å²) in [6.45, 7) is 2.07. The number of halogens is 1. The Hall–Kier alpha value is -2.89. The minimum Gasteiger partial charge on any atom is -0.464 e. The van der Waals surface area contributed by atoms with Gasteiger partial charge in [0.05, 0.1) is 6.26 Å². The van der Waals surface area contributed by atoms with Gasteiger partial charge in [0.1, 0.15) is 5.75 Å². The number of fused-ring (bicyclic) bond motifs is 1. The number of ether oxygens (including phenoxy) is 1. The first-order valence-corrected chi connectivity index (χ1v) is 9.92. The summed E-state index contributed by atoms with van der Waals surface area (Å²) in [6, 6.07) is 13.7. The van der Waals surface area contributed by atoms with Crippen LogP contribution in [-0.2, 0) is 11.2 Å². The fourth-order valence-corrected chi connectivity index (χ4v) is 3.94. The molecule has 0 bridgehead atoms. The number of carbonyl (C=O) groups is 1. The molecule has 4 rings (SSSR count). The quantitative estimate of drug-likeness (QED) is 0.609. The van der Waals surface area contributed by atoms with Crippen LogP contribution >= 0.6 is 22.9 Å². The molecule has 0 unspecified atom stereocenters. The van der Waals surface area contributed by atoms with Gasteiger partial charge in [-0.15, -0.1) is 11.3 Å². The number of anilines is 1. The Balaban J connectivity index is 1.49. The van der Waals surface area contributed by atoms with Crippen molar-refractivity contribution < 1.29 is 9.53 Å². The van der Waals surface area contributed by atoms with Gasteiger partial charge >= 0.3 is 0 Å². The Kier molecular flexibility index (Phi) is 5.28. The molecule has 6 heteroatoms. The number of hydrogen-bond acceptors (Lipinski definition) is 4. The van der Waals surface area contributed by atoms with Crippen LogP contribution in [0.1, 0.15) is 21.6 Å². The number of amides is 1. The van der Waals surface area contributed by atoms with Crippen LogP contribution in [0.25, 0.3) is 6.08 Å². The van der Waals surface area contributed by atoms with E-state index >= 15 is 0 Å². The first-order chi connectivity index (χ1) is 13.6. The largest absolute Gasteiger partial charge is 0.464 e. The van der Waals surface area contributed by atoms with Crippen LogP contribution in [0, 0.1) is 6.92 Å². The van der Waals surface area contributed by atoms with Crippen molar-refractivity contribution >= 4 is 40.1 Å². The molecule has 28 heavy (non-hydrogen) atoms. The minimum absolute atomic E-state index is 0.246. The highest BCUT2D eigenvalue weighted by atomic mass is 35.5. The first kappa shape index (κ1) is 18.5. The Bertz CT molecular complexity index is 1100. The molecule has 0 saturated carbocycles. The second-order valence-corrected chi connectivity index (χ2v) is 8.01. The normalized spacial score (nSPS) is 12.6. The molecule has 0 radical (unpaired) electrons. The Morgan fingerprint density at radius 2 is 2.14 bits per heavy atom. The van der Waals surface area contributed by atoms with E-state index in [2.05, 4.69) is 35.4 Å². The summed E-state index contributed by atoms with van der Waals surface area (Å²) in [5, 5.41) is 4.02. The lowest BCUT2D eigenvalue weighted by Crippen LogP contribution is -2.12. The molecule has 2 heterocycles. The van der Waals surface area contributed by atoms with Crippen molar-refractivity contribution in [2.75, 3.05) is 5.32 Å². The zero-order valence-electron chi connectivity index (χ0n) is 15.1. The minimum atomic E-state index is -0.246. The predicted molar refractivity (Wildman–Crippen MR) is 114 cm³/mol. The summed E-state index contributed by atoms with van der Waals surface area (Å²) >= 11 is 7.52. The van der Waals surface area contributed by atoms with Gasteiger partial charge in [0, 0.05) is 33.7 Å². The fraction of sp³-hybridized carbons (Fsp3) is 0.0909. The van der Waals surface area contributed by atoms with Crippen molar-refractivity contribution in [2.45, 2.75) is 13.3 Å². The van der Waals surface area contributed by atoms with Crippen LogP contribution in [0.5, 0.6) is 5.75 Å². The summed E-state index contributed by atoms with van der Waals surface area (Å²) in [5.74, 6) is 0.405. The lowest BCUT2D eigenvalue weighted by Gasteiger charge is -2.04. The molecule has 1 aromatic heterocycles. The molecule has 1 amide bonds. The number of aryl methyl sites for hydroxylation is 1. The van der Waals surface area contributed by atoms with Crippen LogP contribution in [-0.4, -0.2) is 10.9 Å². The standard InChI is InChI=1S/C22H17ClN2O2S/c1-14-3-2-4-15(9-14)10-19-13-24-22(28-19)25-21(26)16-7-8-27-20-6-5-18(23)12-17(20)11-16/h2-9,11-13H,10H2,1H3,(H,24,25,26). The number of hydrogen-bond donors (Lipinski definition) is 1. The zero-order valence-corrected chi connectivity index (χ0v) is 16.7. The number of nitrogens with zero attached hydrogens (tertiary/aromatic N) is 1. The number of aromatic nitrogens is 1. The van der Waals surface area contributed by atoms with Crippen LogP contribution in [0.4, 0.5) is 5.13 Å². The van der Waals surface area contributed by atoms with E-state index in [1.165, 1.54) is 28.7 Å². The van der Waals surface area contributed by atoms with Crippen LogP contribution < -0.4 is 10.1 Å². The first-order valence-electron chi connectivity index (χ1n) is 8.73. The van der Waals surface area contributed by atoms with Gasteiger partial charge in [-0.3, -0.25) is 10.1 Å². The van der Waals surface area contributed by atoms with Crippen LogP contribution in [0.15, 0.2) is 66.6 Å². The van der Waals surface area contributed by atoms with E-state index in [1.807, 2.05) is 6.07 Å². The maximum Gasteiger partial charge on any atom is 0.257 e. The molecule has 0 atom stereocenters. The molecule has 3 aromatic rings. The van der Waals surface area contributed by atoms with Crippen molar-refractivity contribution in [3.8, 4) is 5.75 Å². The Morgan fingerprint density at radius 1 is 1.25 bits per heavy atom. The Morgan fingerprint density at radius 3 is 3.00 bits per heavy atom. The third-order valence-electron chi connectivity index (χ3n) is 4.22. The van der Waals surface area contributed by atoms with E-state index in [1.54, 1.807) is 36.5 Å². The summed E-state index contributed by atoms with van der Waals surface area (Å²) in [4.78, 5) is 18.1. The number of thiazole rings is 1. The van der Waals surface area contributed by atoms with Gasteiger partial charge in [0.2, 0.25) is 0 Å². The van der Waals surface area contributed by atoms with Crippen LogP contribution in [0.3, 0.4) is 0 Å². The summed E-state index contributed by atoms with van der Waals surface area (Å²) < 4.78 is 5.53. The van der Waals surface area contributed by atoms with E-state index in [0.29, 0.717) is 21.5 Å². The van der Waals surface area contributed by atoms with E-state index in [4.69, 9.17) is 16.3 Å².